The molecule has 2 N–H and O–H groups in total. The molecule has 6 nitrogen and oxygen atoms in total. The van der Waals surface area contributed by atoms with Gasteiger partial charge in [-0.25, -0.2) is 0 Å². The SMILES string of the molecule is Cc1cc2c(NCc3ccc(C)o3)nc(N3CCCC3)nc2[nH]1. The number of hydrogen-bond donors (Lipinski definition) is 2. The van der Waals surface area contributed by atoms with Crippen molar-refractivity contribution in [3.8, 4) is 0 Å². The summed E-state index contributed by atoms with van der Waals surface area (Å²) in [6.45, 7) is 6.66. The topological polar surface area (TPSA) is 70.0 Å². The van der Waals surface area contributed by atoms with Gasteiger partial charge in [-0.15, -0.1) is 0 Å². The van der Waals surface area contributed by atoms with E-state index in [-0.39, 0.29) is 0 Å². The summed E-state index contributed by atoms with van der Waals surface area (Å²) in [7, 11) is 0. The van der Waals surface area contributed by atoms with Gasteiger partial charge in [-0.05, 0) is 44.9 Å². The largest absolute Gasteiger partial charge is 0.465 e. The van der Waals surface area contributed by atoms with Gasteiger partial charge in [-0.2, -0.15) is 9.97 Å². The number of H-pyrrole nitrogens is 1. The highest BCUT2D eigenvalue weighted by Gasteiger charge is 2.18. The minimum Gasteiger partial charge on any atom is -0.465 e. The zero-order valence-electron chi connectivity index (χ0n) is 13.5. The highest BCUT2D eigenvalue weighted by Crippen LogP contribution is 2.26. The Balaban J connectivity index is 1.67. The van der Waals surface area contributed by atoms with Crippen LogP contribution in [-0.2, 0) is 6.54 Å². The summed E-state index contributed by atoms with van der Waals surface area (Å²) >= 11 is 0. The molecule has 0 aromatic carbocycles. The molecule has 1 aliphatic heterocycles. The summed E-state index contributed by atoms with van der Waals surface area (Å²) in [6, 6.07) is 6.05. The number of aryl methyl sites for hydroxylation is 2. The smallest absolute Gasteiger partial charge is 0.229 e. The van der Waals surface area contributed by atoms with Crippen LogP contribution in [0.1, 0.15) is 30.1 Å². The van der Waals surface area contributed by atoms with Crippen molar-refractivity contribution in [2.45, 2.75) is 33.2 Å². The Kier molecular flexibility index (Phi) is 3.44. The number of nitrogens with zero attached hydrogens (tertiary/aromatic N) is 3. The number of furan rings is 1. The molecule has 0 saturated carbocycles. The van der Waals surface area contributed by atoms with Gasteiger partial charge in [0.2, 0.25) is 5.95 Å². The summed E-state index contributed by atoms with van der Waals surface area (Å²) in [5, 5.41) is 4.42. The lowest BCUT2D eigenvalue weighted by molar-refractivity contribution is 0.490. The maximum Gasteiger partial charge on any atom is 0.229 e. The van der Waals surface area contributed by atoms with Crippen molar-refractivity contribution in [1.82, 2.24) is 15.0 Å². The lowest BCUT2D eigenvalue weighted by atomic mass is 10.3. The quantitative estimate of drug-likeness (QED) is 0.773. The first-order valence-electron chi connectivity index (χ1n) is 8.10. The van der Waals surface area contributed by atoms with Gasteiger partial charge in [0, 0.05) is 18.8 Å². The normalized spacial score (nSPS) is 14.8. The molecule has 3 aromatic heterocycles. The summed E-state index contributed by atoms with van der Waals surface area (Å²) < 4.78 is 5.63. The highest BCUT2D eigenvalue weighted by molar-refractivity contribution is 5.89. The molecule has 0 unspecified atom stereocenters. The molecule has 3 aromatic rings. The van der Waals surface area contributed by atoms with E-state index in [1.165, 1.54) is 12.8 Å². The second-order valence-electron chi connectivity index (χ2n) is 6.15. The maximum absolute atomic E-state index is 5.63. The van der Waals surface area contributed by atoms with E-state index in [0.29, 0.717) is 6.54 Å². The second-order valence-corrected chi connectivity index (χ2v) is 6.15. The molecule has 0 bridgehead atoms. The van der Waals surface area contributed by atoms with Crippen LogP contribution in [0.25, 0.3) is 11.0 Å². The zero-order chi connectivity index (χ0) is 15.8. The third-order valence-corrected chi connectivity index (χ3v) is 4.23. The second kappa shape index (κ2) is 5.61. The number of rotatable bonds is 4. The van der Waals surface area contributed by atoms with E-state index in [0.717, 1.165) is 53.1 Å². The van der Waals surface area contributed by atoms with Gasteiger partial charge in [-0.3, -0.25) is 0 Å². The molecule has 23 heavy (non-hydrogen) atoms. The van der Waals surface area contributed by atoms with Gasteiger partial charge in [0.1, 0.15) is 23.0 Å². The van der Waals surface area contributed by atoms with Crippen LogP contribution in [0.4, 0.5) is 11.8 Å². The first-order chi connectivity index (χ1) is 11.2. The minimum atomic E-state index is 0.615. The van der Waals surface area contributed by atoms with E-state index in [1.54, 1.807) is 0 Å². The van der Waals surface area contributed by atoms with Crippen molar-refractivity contribution in [2.24, 2.45) is 0 Å². The molecule has 0 radical (unpaired) electrons. The van der Waals surface area contributed by atoms with E-state index >= 15 is 0 Å². The molecule has 120 valence electrons. The molecule has 1 fully saturated rings. The predicted octanol–water partition coefficient (Wildman–Crippen LogP) is 3.38. The van der Waals surface area contributed by atoms with Crippen molar-refractivity contribution in [3.63, 3.8) is 0 Å². The van der Waals surface area contributed by atoms with Crippen molar-refractivity contribution in [1.29, 1.82) is 0 Å². The zero-order valence-corrected chi connectivity index (χ0v) is 13.5. The van der Waals surface area contributed by atoms with E-state index < -0.39 is 0 Å². The minimum absolute atomic E-state index is 0.615. The Morgan fingerprint density at radius 2 is 2.04 bits per heavy atom. The summed E-state index contributed by atoms with van der Waals surface area (Å²) in [5.74, 6) is 3.49. The van der Waals surface area contributed by atoms with E-state index in [1.807, 2.05) is 26.0 Å². The average Bonchev–Trinajstić information content (AvgIpc) is 3.24. The number of anilines is 2. The van der Waals surface area contributed by atoms with Gasteiger partial charge >= 0.3 is 0 Å². The fourth-order valence-corrected chi connectivity index (χ4v) is 3.07. The number of aromatic nitrogens is 3. The van der Waals surface area contributed by atoms with Crippen LogP contribution in [0, 0.1) is 13.8 Å². The van der Waals surface area contributed by atoms with E-state index in [4.69, 9.17) is 14.4 Å². The van der Waals surface area contributed by atoms with Gasteiger partial charge in [0.15, 0.2) is 0 Å². The Bertz CT molecular complexity index is 829. The van der Waals surface area contributed by atoms with Gasteiger partial charge in [0.05, 0.1) is 11.9 Å². The molecule has 4 rings (SSSR count). The molecule has 6 heteroatoms. The molecular formula is C17H21N5O. The van der Waals surface area contributed by atoms with Crippen LogP contribution >= 0.6 is 0 Å². The van der Waals surface area contributed by atoms with Crippen molar-refractivity contribution < 1.29 is 4.42 Å². The number of aromatic amines is 1. The number of fused-ring (bicyclic) bond motifs is 1. The third-order valence-electron chi connectivity index (χ3n) is 4.23. The monoisotopic (exact) mass is 311 g/mol. The first-order valence-corrected chi connectivity index (χ1v) is 8.10. The lowest BCUT2D eigenvalue weighted by Gasteiger charge is -2.16. The fourth-order valence-electron chi connectivity index (χ4n) is 3.07. The van der Waals surface area contributed by atoms with Gasteiger partial charge in [0.25, 0.3) is 0 Å². The molecule has 0 atom stereocenters. The van der Waals surface area contributed by atoms with Crippen molar-refractivity contribution >= 4 is 22.8 Å². The Morgan fingerprint density at radius 3 is 2.78 bits per heavy atom. The summed E-state index contributed by atoms with van der Waals surface area (Å²) in [5.41, 5.74) is 1.97. The van der Waals surface area contributed by atoms with Crippen LogP contribution < -0.4 is 10.2 Å². The Hall–Kier alpha value is -2.50. The van der Waals surface area contributed by atoms with E-state index in [9.17, 15) is 0 Å². The van der Waals surface area contributed by atoms with Crippen molar-refractivity contribution in [2.75, 3.05) is 23.3 Å². The number of hydrogen-bond acceptors (Lipinski definition) is 5. The van der Waals surface area contributed by atoms with Gasteiger partial charge in [-0.1, -0.05) is 0 Å². The number of nitrogens with one attached hydrogen (secondary N) is 2. The molecule has 1 saturated heterocycles. The Labute approximate surface area is 134 Å². The van der Waals surface area contributed by atoms with Gasteiger partial charge < -0.3 is 19.6 Å². The Morgan fingerprint density at radius 1 is 1.22 bits per heavy atom. The third kappa shape index (κ3) is 2.76. The van der Waals surface area contributed by atoms with Crippen LogP contribution in [0.5, 0.6) is 0 Å². The average molecular weight is 311 g/mol. The summed E-state index contributed by atoms with van der Waals surface area (Å²) in [4.78, 5) is 15.0. The van der Waals surface area contributed by atoms with Crippen LogP contribution in [0.3, 0.4) is 0 Å². The predicted molar refractivity (Wildman–Crippen MR) is 90.8 cm³/mol. The van der Waals surface area contributed by atoms with Crippen LogP contribution in [-0.4, -0.2) is 28.0 Å². The highest BCUT2D eigenvalue weighted by atomic mass is 16.3. The van der Waals surface area contributed by atoms with Crippen molar-refractivity contribution in [3.05, 3.63) is 35.4 Å². The molecular weight excluding hydrogens is 290 g/mol. The standard InChI is InChI=1S/C17H21N5O/c1-11-9-14-15(18-10-13-6-5-12(2)23-13)20-17(21-16(14)19-11)22-7-3-4-8-22/h5-6,9H,3-4,7-8,10H2,1-2H3,(H2,18,19,20,21). The molecule has 0 amide bonds. The van der Waals surface area contributed by atoms with Crippen LogP contribution in [0.15, 0.2) is 22.6 Å². The summed E-state index contributed by atoms with van der Waals surface area (Å²) in [6.07, 6.45) is 2.42. The lowest BCUT2D eigenvalue weighted by Crippen LogP contribution is -2.21. The van der Waals surface area contributed by atoms with Crippen LogP contribution in [0.2, 0.25) is 0 Å². The molecule has 1 aliphatic rings. The first kappa shape index (κ1) is 14.1. The maximum atomic E-state index is 5.63. The molecule has 0 spiro atoms. The molecule has 0 aliphatic carbocycles. The molecule has 4 heterocycles. The fraction of sp³-hybridized carbons (Fsp3) is 0.412. The van der Waals surface area contributed by atoms with E-state index in [2.05, 4.69) is 21.3 Å².